The molecule has 0 unspecified atom stereocenters. The molecule has 1 fully saturated rings. The molecule has 1 aliphatic carbocycles. The topological polar surface area (TPSA) is 97.7 Å². The van der Waals surface area contributed by atoms with E-state index in [9.17, 15) is 20.6 Å². The summed E-state index contributed by atoms with van der Waals surface area (Å²) in [4.78, 5) is 12.1. The summed E-state index contributed by atoms with van der Waals surface area (Å²) in [5, 5.41) is 28.0. The van der Waals surface area contributed by atoms with Gasteiger partial charge in [-0.25, -0.2) is 0 Å². The Labute approximate surface area is 107 Å². The Morgan fingerprint density at radius 2 is 1.56 bits per heavy atom. The number of carbonyl (C=O) groups is 1. The molecule has 5 nitrogen and oxygen atoms in total. The van der Waals surface area contributed by atoms with Gasteiger partial charge in [0.2, 0.25) is 0 Å². The van der Waals surface area contributed by atoms with Gasteiger partial charge < -0.3 is 4.74 Å². The predicted molar refractivity (Wildman–Crippen MR) is 61.4 cm³/mol. The van der Waals surface area contributed by atoms with Crippen molar-refractivity contribution in [1.82, 2.24) is 0 Å². The Bertz CT molecular complexity index is 474. The van der Waals surface area contributed by atoms with Gasteiger partial charge in [-0.15, -0.1) is 0 Å². The lowest BCUT2D eigenvalue weighted by Gasteiger charge is -2.14. The summed E-state index contributed by atoms with van der Waals surface area (Å²) in [5.74, 6) is -0.751. The molecule has 5 heteroatoms. The van der Waals surface area contributed by atoms with E-state index in [4.69, 9.17) is 4.74 Å². The average Bonchev–Trinajstić information content (AvgIpc) is 2.96. The fourth-order valence-corrected chi connectivity index (χ4v) is 3.23. The van der Waals surface area contributed by atoms with Crippen LogP contribution in [0.4, 0.5) is 0 Å². The van der Waals surface area contributed by atoms with Crippen LogP contribution in [0.3, 0.4) is 0 Å². The molecule has 0 N–H and O–H groups in total. The van der Waals surface area contributed by atoms with E-state index >= 15 is 0 Å². The highest BCUT2D eigenvalue weighted by Gasteiger charge is 2.93. The summed E-state index contributed by atoms with van der Waals surface area (Å²) >= 11 is 0. The van der Waals surface area contributed by atoms with Crippen LogP contribution in [0.25, 0.3) is 0 Å². The molecule has 0 saturated heterocycles. The minimum atomic E-state index is -1.65. The van der Waals surface area contributed by atoms with Crippen molar-refractivity contribution in [3.63, 3.8) is 0 Å². The van der Waals surface area contributed by atoms with Gasteiger partial charge in [0.05, 0.1) is 24.8 Å². The van der Waals surface area contributed by atoms with Gasteiger partial charge in [0, 0.05) is 5.41 Å². The molecule has 1 rings (SSSR count). The maximum absolute atomic E-state index is 12.1. The van der Waals surface area contributed by atoms with E-state index < -0.39 is 22.2 Å². The van der Waals surface area contributed by atoms with Crippen LogP contribution in [-0.4, -0.2) is 12.6 Å². The highest BCUT2D eigenvalue weighted by atomic mass is 16.5. The van der Waals surface area contributed by atoms with Crippen LogP contribution in [0.2, 0.25) is 0 Å². The van der Waals surface area contributed by atoms with E-state index in [0.717, 1.165) is 0 Å². The van der Waals surface area contributed by atoms with Gasteiger partial charge >= 0.3 is 5.97 Å². The molecule has 0 aromatic heterocycles. The van der Waals surface area contributed by atoms with Crippen LogP contribution >= 0.6 is 0 Å². The molecule has 0 heterocycles. The number of carbonyl (C=O) groups excluding carboxylic acids is 1. The quantitative estimate of drug-likeness (QED) is 0.704. The summed E-state index contributed by atoms with van der Waals surface area (Å²) in [7, 11) is 0. The summed E-state index contributed by atoms with van der Waals surface area (Å²) in [6, 6.07) is 5.69. The fourth-order valence-electron chi connectivity index (χ4n) is 3.23. The van der Waals surface area contributed by atoms with E-state index in [1.165, 1.54) is 0 Å². The van der Waals surface area contributed by atoms with Crippen LogP contribution in [0.5, 0.6) is 0 Å². The number of hydrogen-bond donors (Lipinski definition) is 0. The third kappa shape index (κ3) is 1.06. The fraction of sp³-hybridized carbons (Fsp3) is 0.692. The summed E-state index contributed by atoms with van der Waals surface area (Å²) < 4.78 is 4.91. The van der Waals surface area contributed by atoms with Crippen molar-refractivity contribution in [2.24, 2.45) is 16.2 Å². The largest absolute Gasteiger partial charge is 0.465 e. The van der Waals surface area contributed by atoms with Crippen molar-refractivity contribution in [3.8, 4) is 18.2 Å². The van der Waals surface area contributed by atoms with Gasteiger partial charge in [-0.1, -0.05) is 13.8 Å². The van der Waals surface area contributed by atoms with Crippen molar-refractivity contribution in [1.29, 1.82) is 15.8 Å². The monoisotopic (exact) mass is 245 g/mol. The number of ether oxygens (including phenoxy) is 1. The first kappa shape index (κ1) is 14.0. The SMILES string of the molecule is CCOC(=O)[C@@]1(C#N)C(C#N)(C#N)C1(CC)CC. The summed E-state index contributed by atoms with van der Waals surface area (Å²) in [5.41, 5.74) is -4.17. The Morgan fingerprint density at radius 1 is 1.06 bits per heavy atom. The van der Waals surface area contributed by atoms with Crippen LogP contribution < -0.4 is 0 Å². The molecule has 0 aromatic carbocycles. The molecule has 18 heavy (non-hydrogen) atoms. The molecule has 0 bridgehead atoms. The van der Waals surface area contributed by atoms with Gasteiger partial charge in [-0.3, -0.25) is 4.79 Å². The number of rotatable bonds is 4. The highest BCUT2D eigenvalue weighted by molar-refractivity contribution is 5.90. The third-order valence-corrected chi connectivity index (χ3v) is 4.23. The molecule has 0 amide bonds. The third-order valence-electron chi connectivity index (χ3n) is 4.23. The molecule has 0 radical (unpaired) electrons. The lowest BCUT2D eigenvalue weighted by molar-refractivity contribution is -0.149. The molecule has 0 aromatic rings. The van der Waals surface area contributed by atoms with Crippen LogP contribution in [-0.2, 0) is 9.53 Å². The minimum Gasteiger partial charge on any atom is -0.465 e. The highest BCUT2D eigenvalue weighted by Crippen LogP contribution is 2.81. The lowest BCUT2D eigenvalue weighted by Crippen LogP contribution is -2.26. The number of nitrogens with zero attached hydrogens (tertiary/aromatic N) is 3. The van der Waals surface area contributed by atoms with Gasteiger partial charge in [0.1, 0.15) is 0 Å². The lowest BCUT2D eigenvalue weighted by atomic mass is 9.88. The van der Waals surface area contributed by atoms with Gasteiger partial charge in [0.15, 0.2) is 10.8 Å². The second-order valence-electron chi connectivity index (χ2n) is 4.35. The second-order valence-corrected chi connectivity index (χ2v) is 4.35. The Morgan fingerprint density at radius 3 is 1.78 bits per heavy atom. The van der Waals surface area contributed by atoms with Crippen molar-refractivity contribution in [3.05, 3.63) is 0 Å². The first-order valence-electron chi connectivity index (χ1n) is 5.95. The van der Waals surface area contributed by atoms with Crippen molar-refractivity contribution < 1.29 is 9.53 Å². The Hall–Kier alpha value is -2.06. The van der Waals surface area contributed by atoms with Crippen LogP contribution in [0.15, 0.2) is 0 Å². The maximum atomic E-state index is 12.1. The molecule has 94 valence electrons. The molecule has 0 aliphatic heterocycles. The van der Waals surface area contributed by atoms with Gasteiger partial charge in [0.25, 0.3) is 0 Å². The normalized spacial score (nSPS) is 26.2. The Kier molecular flexibility index (Phi) is 3.36. The molecule has 0 spiro atoms. The van der Waals surface area contributed by atoms with Crippen molar-refractivity contribution in [2.45, 2.75) is 33.6 Å². The zero-order valence-corrected chi connectivity index (χ0v) is 10.8. The standard InChI is InChI=1S/C13H15N3O2/c1-4-11(5-2)12(7-14,8-15)13(11,9-16)10(17)18-6-3/h4-6H2,1-3H3/t13-/m1/s1. The predicted octanol–water partition coefficient (Wildman–Crippen LogP) is 1.91. The molecular formula is C13H15N3O2. The Balaban J connectivity index is 3.48. The summed E-state index contributed by atoms with van der Waals surface area (Å²) in [6.45, 7) is 5.32. The molecule has 1 saturated carbocycles. The minimum absolute atomic E-state index is 0.124. The van der Waals surface area contributed by atoms with Crippen LogP contribution in [0, 0.1) is 50.2 Å². The van der Waals surface area contributed by atoms with E-state index in [-0.39, 0.29) is 6.61 Å². The molecule has 1 atom stereocenters. The maximum Gasteiger partial charge on any atom is 0.329 e. The van der Waals surface area contributed by atoms with Crippen LogP contribution in [0.1, 0.15) is 33.6 Å². The van der Waals surface area contributed by atoms with Gasteiger partial charge in [-0.2, -0.15) is 15.8 Å². The first-order valence-corrected chi connectivity index (χ1v) is 5.95. The van der Waals surface area contributed by atoms with E-state index in [1.807, 2.05) is 18.2 Å². The molecule has 1 aliphatic rings. The zero-order chi connectivity index (χ0) is 14.0. The van der Waals surface area contributed by atoms with E-state index in [1.54, 1.807) is 20.8 Å². The van der Waals surface area contributed by atoms with Crippen molar-refractivity contribution in [2.75, 3.05) is 6.61 Å². The van der Waals surface area contributed by atoms with E-state index in [0.29, 0.717) is 12.8 Å². The smallest absolute Gasteiger partial charge is 0.329 e. The first-order chi connectivity index (χ1) is 8.53. The second kappa shape index (κ2) is 4.31. The zero-order valence-electron chi connectivity index (χ0n) is 10.8. The average molecular weight is 245 g/mol. The van der Waals surface area contributed by atoms with E-state index in [2.05, 4.69) is 0 Å². The number of hydrogen-bond acceptors (Lipinski definition) is 5. The number of nitriles is 3. The van der Waals surface area contributed by atoms with Crippen molar-refractivity contribution >= 4 is 5.97 Å². The van der Waals surface area contributed by atoms with Gasteiger partial charge in [-0.05, 0) is 19.8 Å². The molecular weight excluding hydrogens is 230 g/mol. The number of esters is 1. The summed E-state index contributed by atoms with van der Waals surface area (Å²) in [6.07, 6.45) is 0.827.